The monoisotopic (exact) mass is 314 g/mol. The van der Waals surface area contributed by atoms with Gasteiger partial charge in [0, 0.05) is 17.6 Å². The van der Waals surface area contributed by atoms with E-state index < -0.39 is 11.7 Å². The van der Waals surface area contributed by atoms with Gasteiger partial charge >= 0.3 is 6.09 Å². The normalized spacial score (nSPS) is 12.7. The number of ether oxygens (including phenoxy) is 2. The molecule has 118 valence electrons. The number of nitrogens with two attached hydrogens (primary N) is 1. The lowest BCUT2D eigenvalue weighted by molar-refractivity contribution is 0.0505. The van der Waals surface area contributed by atoms with E-state index in [4.69, 9.17) is 26.8 Å². The van der Waals surface area contributed by atoms with E-state index in [-0.39, 0.29) is 12.6 Å². The van der Waals surface area contributed by atoms with Gasteiger partial charge in [-0.05, 0) is 51.0 Å². The number of benzene rings is 1. The first-order valence-corrected chi connectivity index (χ1v) is 7.15. The molecule has 0 aliphatic carbocycles. The Kier molecular flexibility index (Phi) is 6.30. The molecule has 1 aromatic carbocycles. The molecule has 0 heterocycles. The zero-order valence-electron chi connectivity index (χ0n) is 12.9. The van der Waals surface area contributed by atoms with E-state index in [0.29, 0.717) is 17.2 Å². The maximum atomic E-state index is 11.8. The molecular formula is C15H23ClN2O3. The second kappa shape index (κ2) is 7.52. The zero-order valence-corrected chi connectivity index (χ0v) is 13.7. The van der Waals surface area contributed by atoms with Crippen molar-refractivity contribution in [1.82, 2.24) is 5.32 Å². The summed E-state index contributed by atoms with van der Waals surface area (Å²) in [5.41, 5.74) is 6.06. The number of halogens is 1. The van der Waals surface area contributed by atoms with Crippen molar-refractivity contribution in [3.05, 3.63) is 28.8 Å². The lowest BCUT2D eigenvalue weighted by Gasteiger charge is -2.23. The predicted molar refractivity (Wildman–Crippen MR) is 83.9 cm³/mol. The third kappa shape index (κ3) is 6.23. The SMILES string of the molecule is COc1ccc(Cl)cc1CC(CN)NC(=O)OC(C)(C)C. The fourth-order valence-corrected chi connectivity index (χ4v) is 2.03. The Bertz CT molecular complexity index is 486. The first kappa shape index (κ1) is 17.6. The molecule has 21 heavy (non-hydrogen) atoms. The molecule has 0 aliphatic heterocycles. The number of carbonyl (C=O) groups is 1. The molecule has 0 fully saturated rings. The van der Waals surface area contributed by atoms with Gasteiger partial charge in [-0.15, -0.1) is 0 Å². The first-order valence-electron chi connectivity index (χ1n) is 6.77. The van der Waals surface area contributed by atoms with E-state index in [2.05, 4.69) is 5.32 Å². The third-order valence-electron chi connectivity index (χ3n) is 2.71. The molecule has 0 saturated heterocycles. The Balaban J connectivity index is 2.74. The number of hydrogen-bond donors (Lipinski definition) is 2. The number of alkyl carbamates (subject to hydrolysis) is 1. The summed E-state index contributed by atoms with van der Waals surface area (Å²) in [7, 11) is 1.59. The van der Waals surface area contributed by atoms with Crippen LogP contribution in [0, 0.1) is 0 Å². The molecule has 6 heteroatoms. The Morgan fingerprint density at radius 3 is 2.62 bits per heavy atom. The first-order chi connectivity index (χ1) is 9.75. The van der Waals surface area contributed by atoms with Crippen LogP contribution in [0.3, 0.4) is 0 Å². The molecule has 1 aromatic rings. The summed E-state index contributed by atoms with van der Waals surface area (Å²) in [5, 5.41) is 3.37. The van der Waals surface area contributed by atoms with Crippen LogP contribution in [0.4, 0.5) is 4.79 Å². The minimum absolute atomic E-state index is 0.257. The van der Waals surface area contributed by atoms with Crippen molar-refractivity contribution in [1.29, 1.82) is 0 Å². The van der Waals surface area contributed by atoms with Gasteiger partial charge in [-0.25, -0.2) is 4.79 Å². The van der Waals surface area contributed by atoms with Crippen molar-refractivity contribution in [3.8, 4) is 5.75 Å². The lowest BCUT2D eigenvalue weighted by atomic mass is 10.0. The van der Waals surface area contributed by atoms with E-state index in [1.165, 1.54) is 0 Å². The predicted octanol–water partition coefficient (Wildman–Crippen LogP) is 2.74. The standard InChI is InChI=1S/C15H23ClN2O3/c1-15(2,3)21-14(19)18-12(9-17)8-10-7-11(16)5-6-13(10)20-4/h5-7,12H,8-9,17H2,1-4H3,(H,18,19). The summed E-state index contributed by atoms with van der Waals surface area (Å²) < 4.78 is 10.5. The summed E-state index contributed by atoms with van der Waals surface area (Å²) in [6, 6.07) is 5.09. The molecule has 1 rings (SSSR count). The number of methoxy groups -OCH3 is 1. The van der Waals surface area contributed by atoms with Crippen LogP contribution >= 0.6 is 11.6 Å². The highest BCUT2D eigenvalue weighted by Gasteiger charge is 2.20. The molecule has 0 radical (unpaired) electrons. The summed E-state index contributed by atoms with van der Waals surface area (Å²) in [5.74, 6) is 0.712. The van der Waals surface area contributed by atoms with Crippen LogP contribution in [0.5, 0.6) is 5.75 Å². The van der Waals surface area contributed by atoms with Crippen LogP contribution in [0.25, 0.3) is 0 Å². The van der Waals surface area contributed by atoms with Gasteiger partial charge in [-0.3, -0.25) is 0 Å². The summed E-state index contributed by atoms with van der Waals surface area (Å²) >= 11 is 5.99. The van der Waals surface area contributed by atoms with Crippen molar-refractivity contribution in [2.75, 3.05) is 13.7 Å². The fraction of sp³-hybridized carbons (Fsp3) is 0.533. The van der Waals surface area contributed by atoms with Crippen molar-refractivity contribution >= 4 is 17.7 Å². The van der Waals surface area contributed by atoms with Crippen LogP contribution in [-0.4, -0.2) is 31.4 Å². The van der Waals surface area contributed by atoms with Gasteiger partial charge < -0.3 is 20.5 Å². The number of carbonyl (C=O) groups excluding carboxylic acids is 1. The molecule has 0 saturated carbocycles. The van der Waals surface area contributed by atoms with Gasteiger partial charge in [0.05, 0.1) is 7.11 Å². The maximum absolute atomic E-state index is 11.8. The number of nitrogens with one attached hydrogen (secondary N) is 1. The Morgan fingerprint density at radius 1 is 1.43 bits per heavy atom. The average Bonchev–Trinajstić information content (AvgIpc) is 2.36. The van der Waals surface area contributed by atoms with Crippen LogP contribution in [-0.2, 0) is 11.2 Å². The van der Waals surface area contributed by atoms with Crippen molar-refractivity contribution < 1.29 is 14.3 Å². The molecule has 1 amide bonds. The van der Waals surface area contributed by atoms with Gasteiger partial charge in [0.15, 0.2) is 0 Å². The summed E-state index contributed by atoms with van der Waals surface area (Å²) in [6.07, 6.45) is 0.0263. The van der Waals surface area contributed by atoms with E-state index in [1.807, 2.05) is 20.8 Å². The molecule has 1 atom stereocenters. The molecule has 0 spiro atoms. The van der Waals surface area contributed by atoms with Gasteiger partial charge in [0.2, 0.25) is 0 Å². The second-order valence-corrected chi connectivity index (χ2v) is 6.18. The highest BCUT2D eigenvalue weighted by Crippen LogP contribution is 2.23. The Hall–Kier alpha value is -1.46. The number of hydrogen-bond acceptors (Lipinski definition) is 4. The number of amides is 1. The molecule has 0 aliphatic rings. The fourth-order valence-electron chi connectivity index (χ4n) is 1.84. The average molecular weight is 315 g/mol. The van der Waals surface area contributed by atoms with Crippen LogP contribution in [0.15, 0.2) is 18.2 Å². The summed E-state index contributed by atoms with van der Waals surface area (Å²) in [4.78, 5) is 11.8. The van der Waals surface area contributed by atoms with Gasteiger partial charge in [0.25, 0.3) is 0 Å². The van der Waals surface area contributed by atoms with Gasteiger partial charge in [-0.2, -0.15) is 0 Å². The maximum Gasteiger partial charge on any atom is 0.407 e. The Morgan fingerprint density at radius 2 is 2.10 bits per heavy atom. The molecule has 0 bridgehead atoms. The smallest absolute Gasteiger partial charge is 0.407 e. The summed E-state index contributed by atoms with van der Waals surface area (Å²) in [6.45, 7) is 5.72. The van der Waals surface area contributed by atoms with Crippen LogP contribution in [0.2, 0.25) is 5.02 Å². The van der Waals surface area contributed by atoms with Gasteiger partial charge in [0.1, 0.15) is 11.4 Å². The zero-order chi connectivity index (χ0) is 16.0. The highest BCUT2D eigenvalue weighted by molar-refractivity contribution is 6.30. The molecule has 0 aromatic heterocycles. The Labute approximate surface area is 130 Å². The number of rotatable bonds is 5. The molecule has 3 N–H and O–H groups in total. The lowest BCUT2D eigenvalue weighted by Crippen LogP contribution is -2.44. The second-order valence-electron chi connectivity index (χ2n) is 5.74. The third-order valence-corrected chi connectivity index (χ3v) is 2.95. The molecule has 5 nitrogen and oxygen atoms in total. The van der Waals surface area contributed by atoms with Crippen molar-refractivity contribution in [2.45, 2.75) is 38.8 Å². The van der Waals surface area contributed by atoms with Crippen molar-refractivity contribution in [3.63, 3.8) is 0 Å². The molecular weight excluding hydrogens is 292 g/mol. The quantitative estimate of drug-likeness (QED) is 0.876. The van der Waals surface area contributed by atoms with Crippen molar-refractivity contribution in [2.24, 2.45) is 5.73 Å². The van der Waals surface area contributed by atoms with Crippen LogP contribution in [0.1, 0.15) is 26.3 Å². The minimum Gasteiger partial charge on any atom is -0.496 e. The largest absolute Gasteiger partial charge is 0.496 e. The molecule has 1 unspecified atom stereocenters. The van der Waals surface area contributed by atoms with E-state index in [9.17, 15) is 4.79 Å². The van der Waals surface area contributed by atoms with E-state index in [1.54, 1.807) is 25.3 Å². The van der Waals surface area contributed by atoms with E-state index in [0.717, 1.165) is 5.56 Å². The van der Waals surface area contributed by atoms with Gasteiger partial charge in [-0.1, -0.05) is 11.6 Å². The topological polar surface area (TPSA) is 73.6 Å². The highest BCUT2D eigenvalue weighted by atomic mass is 35.5. The van der Waals surface area contributed by atoms with E-state index >= 15 is 0 Å². The van der Waals surface area contributed by atoms with Crippen LogP contribution < -0.4 is 15.8 Å². The minimum atomic E-state index is -0.545.